The van der Waals surface area contributed by atoms with Crippen LogP contribution < -0.4 is 11.1 Å². The van der Waals surface area contributed by atoms with Gasteiger partial charge in [0.25, 0.3) is 0 Å². The maximum Gasteiger partial charge on any atom is 0.316 e. The molecule has 11 unspecified atom stereocenters. The highest BCUT2D eigenvalue weighted by molar-refractivity contribution is 6.00. The van der Waals surface area contributed by atoms with E-state index in [1.807, 2.05) is 75.1 Å². The van der Waals surface area contributed by atoms with E-state index in [0.29, 0.717) is 32.4 Å². The van der Waals surface area contributed by atoms with Gasteiger partial charge in [0.15, 0.2) is 12.1 Å². The zero-order valence-corrected chi connectivity index (χ0v) is 34.5. The predicted octanol–water partition coefficient (Wildman–Crippen LogP) is 1.90. The normalized spacial score (nSPS) is 23.9. The number of likely N-dealkylation sites (N-methyl/N-ethyl adjacent to an activating group) is 2. The third-order valence-electron chi connectivity index (χ3n) is 10.3. The van der Waals surface area contributed by atoms with Crippen LogP contribution >= 0.6 is 0 Å². The van der Waals surface area contributed by atoms with Gasteiger partial charge in [0.2, 0.25) is 5.91 Å². The van der Waals surface area contributed by atoms with Crippen molar-refractivity contribution in [2.45, 2.75) is 141 Å². The molecule has 54 heavy (non-hydrogen) atoms. The first-order valence-electron chi connectivity index (χ1n) is 19.3. The van der Waals surface area contributed by atoms with Crippen molar-refractivity contribution >= 4 is 17.7 Å². The van der Waals surface area contributed by atoms with Gasteiger partial charge in [-0.05, 0) is 100 Å². The fraction of sp³-hybridized carbons (Fsp3) is 0.775. The zero-order chi connectivity index (χ0) is 41.0. The Morgan fingerprint density at radius 2 is 1.70 bits per heavy atom. The number of hydrogen-bond acceptors (Lipinski definition) is 13. The van der Waals surface area contributed by atoms with Gasteiger partial charge in [-0.25, -0.2) is 0 Å². The summed E-state index contributed by atoms with van der Waals surface area (Å²) in [6.45, 7) is 13.9. The number of aliphatic hydroxyl groups excluding tert-OH is 1. The minimum absolute atomic E-state index is 0.136. The molecular weight excluding hydrogens is 696 g/mol. The van der Waals surface area contributed by atoms with Crippen LogP contribution in [0.2, 0.25) is 0 Å². The number of nitrogens with two attached hydrogens (primary N) is 1. The van der Waals surface area contributed by atoms with Crippen molar-refractivity contribution in [3.05, 3.63) is 35.9 Å². The Labute approximate surface area is 323 Å². The molecule has 310 valence electrons. The van der Waals surface area contributed by atoms with Gasteiger partial charge in [-0.1, -0.05) is 44.2 Å². The van der Waals surface area contributed by atoms with E-state index < -0.39 is 78.1 Å². The van der Waals surface area contributed by atoms with E-state index >= 15 is 0 Å². The van der Waals surface area contributed by atoms with Gasteiger partial charge in [0.05, 0.1) is 23.9 Å². The first-order valence-corrected chi connectivity index (χ1v) is 19.3. The molecule has 0 saturated carbocycles. The Balaban J connectivity index is 2.09. The third kappa shape index (κ3) is 14.2. The second-order valence-corrected chi connectivity index (χ2v) is 16.1. The van der Waals surface area contributed by atoms with Crippen LogP contribution in [0.25, 0.3) is 0 Å². The fourth-order valence-electron chi connectivity index (χ4n) is 6.86. The van der Waals surface area contributed by atoms with Gasteiger partial charge >= 0.3 is 5.97 Å². The number of esters is 1. The number of Topliss-reactive ketones (excluding diaryl/α,β-unsaturated/α-hetero) is 1. The Morgan fingerprint density at radius 1 is 1.07 bits per heavy atom. The number of benzene rings is 1. The van der Waals surface area contributed by atoms with Gasteiger partial charge in [-0.2, -0.15) is 0 Å². The highest BCUT2D eigenvalue weighted by Crippen LogP contribution is 2.32. The van der Waals surface area contributed by atoms with Crippen LogP contribution in [0.3, 0.4) is 0 Å². The molecule has 0 aliphatic carbocycles. The van der Waals surface area contributed by atoms with Crippen LogP contribution in [0.15, 0.2) is 30.3 Å². The average molecular weight is 767 g/mol. The smallest absolute Gasteiger partial charge is 0.316 e. The summed E-state index contributed by atoms with van der Waals surface area (Å²) in [6, 6.07) is 8.34. The Bertz CT molecular complexity index is 1290. The topological polar surface area (TPSA) is 193 Å². The lowest BCUT2D eigenvalue weighted by Crippen LogP contribution is -2.59. The minimum Gasteiger partial charge on any atom is -0.462 e. The third-order valence-corrected chi connectivity index (χ3v) is 10.3. The van der Waals surface area contributed by atoms with E-state index in [0.717, 1.165) is 12.0 Å². The van der Waals surface area contributed by atoms with E-state index in [1.54, 1.807) is 13.8 Å². The second kappa shape index (κ2) is 21.7. The highest BCUT2D eigenvalue weighted by atomic mass is 16.7. The number of carbonyl (C=O) groups excluding carboxylic acids is 3. The van der Waals surface area contributed by atoms with Gasteiger partial charge in [-0.15, -0.1) is 0 Å². The van der Waals surface area contributed by atoms with Crippen LogP contribution in [-0.4, -0.2) is 150 Å². The summed E-state index contributed by atoms with van der Waals surface area (Å²) in [5, 5.41) is 36.0. The molecule has 0 spiro atoms. The summed E-state index contributed by atoms with van der Waals surface area (Å²) in [5.74, 6) is -3.90. The molecule has 0 bridgehead atoms. The van der Waals surface area contributed by atoms with E-state index in [1.165, 1.54) is 27.7 Å². The van der Waals surface area contributed by atoms with Crippen molar-refractivity contribution in [3.63, 3.8) is 0 Å². The Hall–Kier alpha value is -2.53. The monoisotopic (exact) mass is 767 g/mol. The molecule has 1 amide bonds. The van der Waals surface area contributed by atoms with Crippen molar-refractivity contribution in [3.8, 4) is 0 Å². The van der Waals surface area contributed by atoms with Crippen molar-refractivity contribution in [1.82, 2.24) is 15.1 Å². The molecule has 0 radical (unpaired) electrons. The number of amides is 1. The first-order chi connectivity index (χ1) is 25.1. The van der Waals surface area contributed by atoms with Gasteiger partial charge in [0, 0.05) is 31.2 Å². The number of ketones is 1. The molecule has 14 heteroatoms. The SMILES string of the molecule is CCCN(C)C(C)C(O)C(C)(O)COC(=O)C(C)C(=O)C(C)C(OC1OC(C)CC(N(C)C)C1OCCCNC(=O)C(N)Cc1ccccc1)C(C)(C)O. The number of nitrogens with zero attached hydrogens (tertiary/aromatic N) is 2. The first kappa shape index (κ1) is 47.6. The summed E-state index contributed by atoms with van der Waals surface area (Å²) in [7, 11) is 5.69. The molecular formula is C40H70N4O10. The summed E-state index contributed by atoms with van der Waals surface area (Å²) < 4.78 is 24.5. The maximum absolute atomic E-state index is 13.8. The van der Waals surface area contributed by atoms with Crippen LogP contribution in [0.1, 0.15) is 80.2 Å². The molecule has 2 rings (SSSR count). The fourth-order valence-corrected chi connectivity index (χ4v) is 6.86. The molecule has 14 nitrogen and oxygen atoms in total. The molecule has 1 aliphatic rings. The summed E-state index contributed by atoms with van der Waals surface area (Å²) >= 11 is 0. The van der Waals surface area contributed by atoms with E-state index in [4.69, 9.17) is 24.7 Å². The Kier molecular flexibility index (Phi) is 19.1. The molecule has 1 saturated heterocycles. The Morgan fingerprint density at radius 3 is 2.28 bits per heavy atom. The van der Waals surface area contributed by atoms with E-state index in [9.17, 15) is 29.7 Å². The number of nitrogens with one attached hydrogen (secondary N) is 1. The number of carbonyl (C=O) groups is 3. The molecule has 0 aromatic heterocycles. The standard InChI is InChI=1S/C40H70N4O10/c1-12-20-44(11)28(5)34(46)40(8,50)24-52-37(48)27(4)32(45)26(3)35(39(6,7)49)54-38-33(31(43(9)10)22-25(2)53-38)51-21-16-19-42-36(47)30(41)23-29-17-14-13-15-18-29/h13-15,17-18,25-28,30-31,33-35,38,46,49-50H,12,16,19-24,41H2,1-11H3,(H,42,47). The van der Waals surface area contributed by atoms with Gasteiger partial charge < -0.3 is 55.1 Å². The van der Waals surface area contributed by atoms with Gasteiger partial charge in [0.1, 0.15) is 30.3 Å². The van der Waals surface area contributed by atoms with E-state index in [2.05, 4.69) is 5.32 Å². The summed E-state index contributed by atoms with van der Waals surface area (Å²) in [4.78, 5) is 43.5. The predicted molar refractivity (Wildman–Crippen MR) is 206 cm³/mol. The summed E-state index contributed by atoms with van der Waals surface area (Å²) in [5.41, 5.74) is 3.79. The maximum atomic E-state index is 13.8. The minimum atomic E-state index is -1.77. The largest absolute Gasteiger partial charge is 0.462 e. The lowest BCUT2D eigenvalue weighted by Gasteiger charge is -2.46. The van der Waals surface area contributed by atoms with E-state index in [-0.39, 0.29) is 24.7 Å². The lowest BCUT2D eigenvalue weighted by atomic mass is 9.83. The van der Waals surface area contributed by atoms with Crippen LogP contribution in [0.5, 0.6) is 0 Å². The second-order valence-electron chi connectivity index (χ2n) is 16.1. The van der Waals surface area contributed by atoms with Crippen LogP contribution in [-0.2, 0) is 39.8 Å². The van der Waals surface area contributed by atoms with Crippen molar-refractivity contribution in [2.75, 3.05) is 47.4 Å². The molecule has 11 atom stereocenters. The molecule has 1 aromatic carbocycles. The molecule has 6 N–H and O–H groups in total. The number of aliphatic hydroxyl groups is 3. The molecule has 1 aliphatic heterocycles. The summed E-state index contributed by atoms with van der Waals surface area (Å²) in [6.07, 6.45) is -1.75. The number of ether oxygens (including phenoxy) is 4. The van der Waals surface area contributed by atoms with Crippen molar-refractivity contribution in [2.24, 2.45) is 17.6 Å². The molecule has 1 heterocycles. The number of rotatable bonds is 23. The van der Waals surface area contributed by atoms with Gasteiger partial charge in [-0.3, -0.25) is 14.4 Å². The average Bonchev–Trinajstić information content (AvgIpc) is 3.11. The molecule has 1 fully saturated rings. The lowest BCUT2D eigenvalue weighted by molar-refractivity contribution is -0.298. The van der Waals surface area contributed by atoms with Crippen LogP contribution in [0.4, 0.5) is 0 Å². The van der Waals surface area contributed by atoms with Crippen molar-refractivity contribution in [1.29, 1.82) is 0 Å². The molecule has 1 aromatic rings. The zero-order valence-electron chi connectivity index (χ0n) is 34.5. The van der Waals surface area contributed by atoms with Crippen LogP contribution in [0, 0.1) is 11.8 Å². The number of hydrogen-bond donors (Lipinski definition) is 5. The highest BCUT2D eigenvalue weighted by Gasteiger charge is 2.47. The van der Waals surface area contributed by atoms with Crippen molar-refractivity contribution < 1.29 is 48.7 Å². The quantitative estimate of drug-likeness (QED) is 0.0617.